The summed E-state index contributed by atoms with van der Waals surface area (Å²) in [7, 11) is 2.04. The first-order valence-corrected chi connectivity index (χ1v) is 6.12. The Balaban J connectivity index is 2.01. The van der Waals surface area contributed by atoms with Crippen molar-refractivity contribution < 1.29 is 4.52 Å². The highest BCUT2D eigenvalue weighted by atomic mass is 16.5. The lowest BCUT2D eigenvalue weighted by Gasteiger charge is -2.23. The standard InChI is InChI=1S/C13H18N4O/c1-4-13-15-12(16-18-13)9-17(3)10(2)11-6-5-7-14-8-11/h5-8,10H,4,9H2,1-3H3. The minimum atomic E-state index is 0.266. The molecule has 0 aliphatic heterocycles. The molecule has 2 aromatic rings. The lowest BCUT2D eigenvalue weighted by Crippen LogP contribution is -2.22. The van der Waals surface area contributed by atoms with Crippen LogP contribution in [0.5, 0.6) is 0 Å². The van der Waals surface area contributed by atoms with Crippen LogP contribution in [0.2, 0.25) is 0 Å². The van der Waals surface area contributed by atoms with Crippen molar-refractivity contribution in [2.45, 2.75) is 32.9 Å². The third-order valence-electron chi connectivity index (χ3n) is 3.03. The molecule has 2 aromatic heterocycles. The highest BCUT2D eigenvalue weighted by Gasteiger charge is 2.14. The molecule has 1 unspecified atom stereocenters. The minimum Gasteiger partial charge on any atom is -0.339 e. The Labute approximate surface area is 107 Å². The predicted molar refractivity (Wildman–Crippen MR) is 67.8 cm³/mol. The molecule has 0 aromatic carbocycles. The maximum atomic E-state index is 5.10. The molecule has 2 heterocycles. The molecule has 0 aliphatic carbocycles. The van der Waals surface area contributed by atoms with Crippen LogP contribution in [-0.4, -0.2) is 27.1 Å². The van der Waals surface area contributed by atoms with Gasteiger partial charge in [-0.05, 0) is 25.6 Å². The molecule has 2 rings (SSSR count). The third-order valence-corrected chi connectivity index (χ3v) is 3.03. The van der Waals surface area contributed by atoms with E-state index < -0.39 is 0 Å². The highest BCUT2D eigenvalue weighted by Crippen LogP contribution is 2.18. The fraction of sp³-hybridized carbons (Fsp3) is 0.462. The van der Waals surface area contributed by atoms with Crippen LogP contribution in [0.3, 0.4) is 0 Å². The van der Waals surface area contributed by atoms with Gasteiger partial charge in [-0.2, -0.15) is 4.98 Å². The summed E-state index contributed by atoms with van der Waals surface area (Å²) in [6, 6.07) is 4.28. The van der Waals surface area contributed by atoms with Crippen LogP contribution in [0.15, 0.2) is 29.0 Å². The molecular weight excluding hydrogens is 228 g/mol. The van der Waals surface area contributed by atoms with Crippen LogP contribution in [0.25, 0.3) is 0 Å². The van der Waals surface area contributed by atoms with Crippen molar-refractivity contribution in [1.29, 1.82) is 0 Å². The van der Waals surface area contributed by atoms with Crippen LogP contribution < -0.4 is 0 Å². The smallest absolute Gasteiger partial charge is 0.226 e. The fourth-order valence-corrected chi connectivity index (χ4v) is 1.74. The van der Waals surface area contributed by atoms with E-state index in [1.54, 1.807) is 6.20 Å². The Morgan fingerprint density at radius 2 is 2.28 bits per heavy atom. The van der Waals surface area contributed by atoms with Gasteiger partial charge in [-0.1, -0.05) is 18.1 Å². The van der Waals surface area contributed by atoms with Crippen LogP contribution >= 0.6 is 0 Å². The van der Waals surface area contributed by atoms with E-state index >= 15 is 0 Å². The van der Waals surface area contributed by atoms with Gasteiger partial charge in [-0.25, -0.2) is 0 Å². The number of hydrogen-bond donors (Lipinski definition) is 0. The largest absolute Gasteiger partial charge is 0.339 e. The van der Waals surface area contributed by atoms with Gasteiger partial charge in [0.25, 0.3) is 0 Å². The van der Waals surface area contributed by atoms with E-state index in [1.165, 1.54) is 5.56 Å². The first-order chi connectivity index (χ1) is 8.70. The topological polar surface area (TPSA) is 55.1 Å². The average Bonchev–Trinajstić information content (AvgIpc) is 2.86. The van der Waals surface area contributed by atoms with Crippen molar-refractivity contribution in [1.82, 2.24) is 20.0 Å². The summed E-state index contributed by atoms with van der Waals surface area (Å²) in [6.45, 7) is 4.80. The van der Waals surface area contributed by atoms with Crippen LogP contribution in [0.4, 0.5) is 0 Å². The molecule has 5 nitrogen and oxygen atoms in total. The summed E-state index contributed by atoms with van der Waals surface area (Å²) in [5.74, 6) is 1.41. The lowest BCUT2D eigenvalue weighted by molar-refractivity contribution is 0.242. The number of rotatable bonds is 5. The monoisotopic (exact) mass is 246 g/mol. The van der Waals surface area contributed by atoms with Gasteiger partial charge in [0, 0.05) is 24.9 Å². The van der Waals surface area contributed by atoms with Crippen molar-refractivity contribution in [2.24, 2.45) is 0 Å². The molecule has 0 fully saturated rings. The number of aryl methyl sites for hydroxylation is 1. The van der Waals surface area contributed by atoms with Crippen molar-refractivity contribution in [3.05, 3.63) is 41.8 Å². The van der Waals surface area contributed by atoms with Gasteiger partial charge >= 0.3 is 0 Å². The maximum absolute atomic E-state index is 5.10. The van der Waals surface area contributed by atoms with E-state index in [0.29, 0.717) is 12.4 Å². The zero-order valence-electron chi connectivity index (χ0n) is 11.0. The van der Waals surface area contributed by atoms with Crippen molar-refractivity contribution in [3.8, 4) is 0 Å². The van der Waals surface area contributed by atoms with E-state index in [1.807, 2.05) is 26.2 Å². The van der Waals surface area contributed by atoms with E-state index in [-0.39, 0.29) is 6.04 Å². The lowest BCUT2D eigenvalue weighted by atomic mass is 10.1. The number of pyridine rings is 1. The van der Waals surface area contributed by atoms with Gasteiger partial charge in [-0.15, -0.1) is 0 Å². The normalized spacial score (nSPS) is 12.9. The molecule has 18 heavy (non-hydrogen) atoms. The minimum absolute atomic E-state index is 0.266. The molecule has 0 saturated carbocycles. The fourth-order valence-electron chi connectivity index (χ4n) is 1.74. The number of hydrogen-bond acceptors (Lipinski definition) is 5. The van der Waals surface area contributed by atoms with Gasteiger partial charge < -0.3 is 4.52 Å². The SMILES string of the molecule is CCc1nc(CN(C)C(C)c2cccnc2)no1. The zero-order chi connectivity index (χ0) is 13.0. The molecule has 0 amide bonds. The molecule has 0 saturated heterocycles. The summed E-state index contributed by atoms with van der Waals surface area (Å²) in [6.07, 6.45) is 4.44. The molecule has 96 valence electrons. The van der Waals surface area contributed by atoms with Gasteiger partial charge in [0.1, 0.15) is 0 Å². The van der Waals surface area contributed by atoms with Gasteiger partial charge in [0.15, 0.2) is 5.82 Å². The third kappa shape index (κ3) is 2.92. The second-order valence-electron chi connectivity index (χ2n) is 4.34. The molecule has 0 N–H and O–H groups in total. The van der Waals surface area contributed by atoms with Gasteiger partial charge in [0.05, 0.1) is 6.54 Å². The Bertz CT molecular complexity index is 483. The summed E-state index contributed by atoms with van der Waals surface area (Å²) in [5, 5.41) is 3.96. The molecule has 0 aliphatic rings. The Morgan fingerprint density at radius 1 is 1.44 bits per heavy atom. The van der Waals surface area contributed by atoms with Crippen LogP contribution in [0.1, 0.15) is 37.2 Å². The summed E-state index contributed by atoms with van der Waals surface area (Å²) in [4.78, 5) is 10.6. The summed E-state index contributed by atoms with van der Waals surface area (Å²) >= 11 is 0. The van der Waals surface area contributed by atoms with Crippen LogP contribution in [-0.2, 0) is 13.0 Å². The predicted octanol–water partition coefficient (Wildman–Crippen LogP) is 2.22. The van der Waals surface area contributed by atoms with E-state index in [4.69, 9.17) is 4.52 Å². The number of aromatic nitrogens is 3. The second kappa shape index (κ2) is 5.73. The quantitative estimate of drug-likeness (QED) is 0.809. The Hall–Kier alpha value is -1.75. The van der Waals surface area contributed by atoms with Crippen molar-refractivity contribution >= 4 is 0 Å². The molecule has 5 heteroatoms. The zero-order valence-corrected chi connectivity index (χ0v) is 11.0. The summed E-state index contributed by atoms with van der Waals surface area (Å²) in [5.41, 5.74) is 1.18. The molecule has 1 atom stereocenters. The molecular formula is C13H18N4O. The molecule has 0 radical (unpaired) electrons. The number of nitrogens with zero attached hydrogens (tertiary/aromatic N) is 4. The Morgan fingerprint density at radius 3 is 2.89 bits per heavy atom. The van der Waals surface area contributed by atoms with Gasteiger partial charge in [-0.3, -0.25) is 9.88 Å². The van der Waals surface area contributed by atoms with E-state index in [2.05, 4.69) is 33.0 Å². The average molecular weight is 246 g/mol. The first kappa shape index (κ1) is 12.7. The van der Waals surface area contributed by atoms with Crippen LogP contribution in [0, 0.1) is 0 Å². The first-order valence-electron chi connectivity index (χ1n) is 6.12. The molecule has 0 bridgehead atoms. The second-order valence-corrected chi connectivity index (χ2v) is 4.34. The summed E-state index contributed by atoms with van der Waals surface area (Å²) < 4.78 is 5.10. The molecule has 0 spiro atoms. The van der Waals surface area contributed by atoms with Crippen molar-refractivity contribution in [3.63, 3.8) is 0 Å². The Kier molecular flexibility index (Phi) is 4.04. The highest BCUT2D eigenvalue weighted by molar-refractivity contribution is 5.13. The van der Waals surface area contributed by atoms with Crippen molar-refractivity contribution in [2.75, 3.05) is 7.05 Å². The van der Waals surface area contributed by atoms with E-state index in [0.717, 1.165) is 12.2 Å². The van der Waals surface area contributed by atoms with Gasteiger partial charge in [0.2, 0.25) is 5.89 Å². The maximum Gasteiger partial charge on any atom is 0.226 e. The van der Waals surface area contributed by atoms with E-state index in [9.17, 15) is 0 Å².